The van der Waals surface area contributed by atoms with Gasteiger partial charge in [0, 0.05) is 24.2 Å². The highest BCUT2D eigenvalue weighted by Gasteiger charge is 2.67. The highest BCUT2D eigenvalue weighted by atomic mass is 16.6. The summed E-state index contributed by atoms with van der Waals surface area (Å²) >= 11 is 0. The number of phenols is 1. The summed E-state index contributed by atoms with van der Waals surface area (Å²) in [6.07, 6.45) is 21.0. The lowest BCUT2D eigenvalue weighted by Gasteiger charge is -2.58. The largest absolute Gasteiger partial charge is 0.508 e. The maximum absolute atomic E-state index is 12.8. The number of hydrogen-bond donors (Lipinski definition) is 2. The molecule has 8 rings (SSSR count). The first-order valence-electron chi connectivity index (χ1n) is 19.2. The molecule has 0 aliphatic heterocycles. The third-order valence-corrected chi connectivity index (χ3v) is 15.9. The number of aliphatic hydroxyl groups is 1. The molecule has 4 saturated carbocycles. The normalized spacial score (nSPS) is 43.8. The number of terminal acetylenes is 1. The van der Waals surface area contributed by atoms with E-state index in [0.29, 0.717) is 54.1 Å². The number of hydrogen-bond acceptors (Lipinski definition) is 6. The molecule has 6 nitrogen and oxygen atoms in total. The van der Waals surface area contributed by atoms with Crippen molar-refractivity contribution in [2.45, 2.75) is 136 Å². The smallest absolute Gasteiger partial charge is 0.303 e. The van der Waals surface area contributed by atoms with Gasteiger partial charge >= 0.3 is 5.97 Å². The zero-order valence-electron chi connectivity index (χ0n) is 30.9. The van der Waals surface area contributed by atoms with Crippen molar-refractivity contribution in [2.24, 2.45) is 45.8 Å². The number of allylic oxidation sites excluding steroid dienone is 4. The second-order valence-corrected chi connectivity index (χ2v) is 17.9. The summed E-state index contributed by atoms with van der Waals surface area (Å²) in [7, 11) is 0. The number of phenolic OH excluding ortho intramolecular Hbond substituents is 1. The molecular formula is C44H56O6. The van der Waals surface area contributed by atoms with Crippen LogP contribution in [0, 0.1) is 58.2 Å². The second-order valence-electron chi connectivity index (χ2n) is 17.9. The topological polar surface area (TPSA) is 101 Å². The van der Waals surface area contributed by atoms with Crippen LogP contribution in [0.25, 0.3) is 0 Å². The summed E-state index contributed by atoms with van der Waals surface area (Å²) in [6, 6.07) is 5.87. The van der Waals surface area contributed by atoms with Gasteiger partial charge in [-0.3, -0.25) is 14.4 Å². The van der Waals surface area contributed by atoms with Gasteiger partial charge in [0.25, 0.3) is 0 Å². The summed E-state index contributed by atoms with van der Waals surface area (Å²) in [5, 5.41) is 20.6. The highest BCUT2D eigenvalue weighted by Crippen LogP contribution is 2.68. The van der Waals surface area contributed by atoms with Gasteiger partial charge in [0.15, 0.2) is 17.2 Å². The van der Waals surface area contributed by atoms with Gasteiger partial charge in [-0.2, -0.15) is 0 Å². The van der Waals surface area contributed by atoms with E-state index in [2.05, 4.69) is 45.8 Å². The van der Waals surface area contributed by atoms with E-state index in [9.17, 15) is 24.6 Å². The lowest BCUT2D eigenvalue weighted by Crippen LogP contribution is -2.58. The van der Waals surface area contributed by atoms with Crippen molar-refractivity contribution in [1.29, 1.82) is 0 Å². The second kappa shape index (κ2) is 11.9. The standard InChI is InChI=1S/C24H32O4.C20H24O2/c1-14-12-18-19(22(4)9-6-17(27)13-21(14)22)7-10-23(5)20(18)8-11-24(23,15(2)25)28-16(3)26;1-3-20(22)11-9-18-17-6-4-13-12-14(21)5-7-15(13)16(17)8-10-19(18,20)2/h12-13,18-20H,6-11H2,1-5H3;1,5,7,12,16-18,21-22H,4,6,8-11H2,2H3/t18-,19+,20+,22-,23+,24+;16-,17-,18+,19+,20+/m11/s1. The van der Waals surface area contributed by atoms with E-state index in [-0.39, 0.29) is 33.8 Å². The van der Waals surface area contributed by atoms with E-state index in [1.165, 1.54) is 29.2 Å². The number of aromatic hydroxyl groups is 1. The van der Waals surface area contributed by atoms with E-state index in [1.54, 1.807) is 6.92 Å². The Balaban J connectivity index is 0.000000161. The summed E-state index contributed by atoms with van der Waals surface area (Å²) in [5.74, 6) is 5.85. The monoisotopic (exact) mass is 680 g/mol. The Labute approximate surface area is 298 Å². The predicted octanol–water partition coefficient (Wildman–Crippen LogP) is 8.19. The van der Waals surface area contributed by atoms with Gasteiger partial charge in [0.05, 0.1) is 0 Å². The molecule has 0 spiro atoms. The van der Waals surface area contributed by atoms with Crippen molar-refractivity contribution in [3.63, 3.8) is 0 Å². The summed E-state index contributed by atoms with van der Waals surface area (Å²) in [6.45, 7) is 11.8. The van der Waals surface area contributed by atoms with Crippen molar-refractivity contribution in [3.8, 4) is 18.1 Å². The number of carbonyl (C=O) groups is 3. The molecular weight excluding hydrogens is 624 g/mol. The fraction of sp³-hybridized carbons (Fsp3) is 0.659. The van der Waals surface area contributed by atoms with E-state index in [1.807, 2.05) is 18.2 Å². The number of aryl methyl sites for hydroxylation is 1. The van der Waals surface area contributed by atoms with Crippen molar-refractivity contribution in [1.82, 2.24) is 0 Å². The Morgan fingerprint density at radius 1 is 0.900 bits per heavy atom. The van der Waals surface area contributed by atoms with Crippen LogP contribution in [0.4, 0.5) is 0 Å². The first kappa shape index (κ1) is 35.2. The molecule has 0 radical (unpaired) electrons. The highest BCUT2D eigenvalue weighted by molar-refractivity contribution is 5.92. The molecule has 50 heavy (non-hydrogen) atoms. The van der Waals surface area contributed by atoms with Crippen molar-refractivity contribution >= 4 is 17.5 Å². The van der Waals surface area contributed by atoms with Crippen LogP contribution >= 0.6 is 0 Å². The molecule has 2 N–H and O–H groups in total. The molecule has 0 heterocycles. The number of rotatable bonds is 2. The van der Waals surface area contributed by atoms with Crippen LogP contribution in [0.1, 0.15) is 129 Å². The van der Waals surface area contributed by atoms with Gasteiger partial charge in [0.2, 0.25) is 0 Å². The average Bonchev–Trinajstić information content (AvgIpc) is 3.52. The van der Waals surface area contributed by atoms with Crippen molar-refractivity contribution < 1.29 is 29.3 Å². The Hall–Kier alpha value is -3.17. The summed E-state index contributed by atoms with van der Waals surface area (Å²) < 4.78 is 5.82. The molecule has 268 valence electrons. The Morgan fingerprint density at radius 2 is 1.60 bits per heavy atom. The maximum atomic E-state index is 12.8. The van der Waals surface area contributed by atoms with Gasteiger partial charge < -0.3 is 14.9 Å². The molecule has 0 unspecified atom stereocenters. The molecule has 0 aromatic heterocycles. The minimum Gasteiger partial charge on any atom is -0.508 e. The molecule has 7 aliphatic rings. The molecule has 1 aromatic rings. The third-order valence-electron chi connectivity index (χ3n) is 15.9. The van der Waals surface area contributed by atoms with Gasteiger partial charge in [-0.15, -0.1) is 6.42 Å². The van der Waals surface area contributed by atoms with Crippen LogP contribution in [0.15, 0.2) is 41.5 Å². The lowest BCUT2D eigenvalue weighted by molar-refractivity contribution is -0.185. The number of esters is 1. The van der Waals surface area contributed by atoms with Crippen LogP contribution in [0.5, 0.6) is 5.75 Å². The molecule has 0 bridgehead atoms. The zero-order valence-corrected chi connectivity index (χ0v) is 30.9. The summed E-state index contributed by atoms with van der Waals surface area (Å²) in [5.41, 5.74) is 2.84. The van der Waals surface area contributed by atoms with E-state index >= 15 is 0 Å². The fourth-order valence-electron chi connectivity index (χ4n) is 13.3. The zero-order chi connectivity index (χ0) is 36.0. The van der Waals surface area contributed by atoms with Crippen LogP contribution in [-0.2, 0) is 25.5 Å². The third kappa shape index (κ3) is 4.88. The molecule has 0 amide bonds. The van der Waals surface area contributed by atoms with E-state index in [4.69, 9.17) is 11.2 Å². The first-order chi connectivity index (χ1) is 23.5. The lowest BCUT2D eigenvalue weighted by atomic mass is 9.47. The Morgan fingerprint density at radius 3 is 2.30 bits per heavy atom. The van der Waals surface area contributed by atoms with Crippen LogP contribution in [0.3, 0.4) is 0 Å². The number of fused-ring (bicyclic) bond motifs is 10. The van der Waals surface area contributed by atoms with Gasteiger partial charge in [-0.1, -0.05) is 44.4 Å². The van der Waals surface area contributed by atoms with Crippen LogP contribution in [-0.4, -0.2) is 39.0 Å². The van der Waals surface area contributed by atoms with Crippen LogP contribution in [0.2, 0.25) is 0 Å². The quantitative estimate of drug-likeness (QED) is 0.241. The number of ketones is 2. The van der Waals surface area contributed by atoms with Crippen molar-refractivity contribution in [3.05, 3.63) is 52.6 Å². The molecule has 1 aromatic carbocycles. The van der Waals surface area contributed by atoms with Crippen molar-refractivity contribution in [2.75, 3.05) is 0 Å². The minimum absolute atomic E-state index is 0.0160. The summed E-state index contributed by atoms with van der Waals surface area (Å²) in [4.78, 5) is 36.8. The predicted molar refractivity (Wildman–Crippen MR) is 193 cm³/mol. The van der Waals surface area contributed by atoms with Gasteiger partial charge in [-0.25, -0.2) is 0 Å². The van der Waals surface area contributed by atoms with Gasteiger partial charge in [-0.05, 0) is 160 Å². The van der Waals surface area contributed by atoms with Gasteiger partial charge in [0.1, 0.15) is 11.4 Å². The van der Waals surface area contributed by atoms with E-state index in [0.717, 1.165) is 64.2 Å². The molecule has 4 fully saturated rings. The number of ether oxygens (including phenoxy) is 1. The first-order valence-corrected chi connectivity index (χ1v) is 19.2. The minimum atomic E-state index is -0.990. The molecule has 6 heteroatoms. The molecule has 0 saturated heterocycles. The number of benzene rings is 1. The average molecular weight is 681 g/mol. The molecule has 7 aliphatic carbocycles. The number of Topliss-reactive ketones (excluding diaryl/α,β-unsaturated/α-hetero) is 1. The Kier molecular flexibility index (Phi) is 8.42. The van der Waals surface area contributed by atoms with E-state index < -0.39 is 11.2 Å². The number of carbonyl (C=O) groups excluding carboxylic acids is 3. The SMILES string of the molecule is C#C[C@]1(O)CC[C@H]2[C@@H]3CCc4cc(O)ccc4[C@H]3CC[C@@]21C.CC(=O)O[C@]1(C(C)=O)CC[C@H]2[C@@H]3C=C(C)C4=CC(=O)CC[C@]4(C)[C@H]3CC[C@@]21C. The maximum Gasteiger partial charge on any atom is 0.303 e. The fourth-order valence-corrected chi connectivity index (χ4v) is 13.3. The van der Waals surface area contributed by atoms with Crippen LogP contribution < -0.4 is 0 Å². The molecule has 11 atom stereocenters. The Bertz CT molecular complexity index is 1730.